The quantitative estimate of drug-likeness (QED) is 0.860. The number of hydrogen-bond acceptors (Lipinski definition) is 3. The van der Waals surface area contributed by atoms with Crippen LogP contribution in [0.3, 0.4) is 0 Å². The van der Waals surface area contributed by atoms with Crippen molar-refractivity contribution in [3.63, 3.8) is 0 Å². The van der Waals surface area contributed by atoms with Gasteiger partial charge < -0.3 is 10.8 Å². The molecule has 2 rings (SSSR count). The predicted molar refractivity (Wildman–Crippen MR) is 89.4 cm³/mol. The minimum Gasteiger partial charge on any atom is -0.477 e. The van der Waals surface area contributed by atoms with Crippen LogP contribution in [-0.2, 0) is 0 Å². The van der Waals surface area contributed by atoms with Gasteiger partial charge >= 0.3 is 5.97 Å². The molecule has 0 radical (unpaired) electrons. The largest absolute Gasteiger partial charge is 0.477 e. The van der Waals surface area contributed by atoms with Crippen LogP contribution in [0.2, 0.25) is 0 Å². The fraction of sp³-hybridized carbons (Fsp3) is 0.353. The standard InChI is InChI=1S/C17H21NO2S/c1-8(2)12-14(18)16(17(19)20)21-15(12)13-10(4)6-9(3)7-11(13)5/h6-8H,18H2,1-5H3,(H,19,20). The van der Waals surface area contributed by atoms with Crippen LogP contribution in [-0.4, -0.2) is 11.1 Å². The second kappa shape index (κ2) is 5.53. The number of carboxylic acids is 1. The molecule has 2 aromatic rings. The zero-order valence-corrected chi connectivity index (χ0v) is 13.9. The minimum atomic E-state index is -0.951. The first-order chi connectivity index (χ1) is 9.73. The number of hydrogen-bond donors (Lipinski definition) is 2. The summed E-state index contributed by atoms with van der Waals surface area (Å²) < 4.78 is 0. The molecule has 0 saturated heterocycles. The molecule has 1 aromatic carbocycles. The Morgan fingerprint density at radius 2 is 1.71 bits per heavy atom. The van der Waals surface area contributed by atoms with E-state index in [1.165, 1.54) is 16.9 Å². The second-order valence-electron chi connectivity index (χ2n) is 5.82. The Kier molecular flexibility index (Phi) is 4.10. The van der Waals surface area contributed by atoms with Gasteiger partial charge in [-0.3, -0.25) is 0 Å². The monoisotopic (exact) mass is 303 g/mol. The molecular weight excluding hydrogens is 282 g/mol. The van der Waals surface area contributed by atoms with E-state index in [1.54, 1.807) is 0 Å². The van der Waals surface area contributed by atoms with E-state index in [0.29, 0.717) is 5.69 Å². The fourth-order valence-corrected chi connectivity index (χ4v) is 4.30. The number of carboxylic acid groups (broad SMARTS) is 1. The van der Waals surface area contributed by atoms with E-state index in [0.717, 1.165) is 27.1 Å². The lowest BCUT2D eigenvalue weighted by molar-refractivity contribution is 0.0703. The number of carbonyl (C=O) groups is 1. The maximum atomic E-state index is 11.4. The van der Waals surface area contributed by atoms with Crippen LogP contribution < -0.4 is 5.73 Å². The van der Waals surface area contributed by atoms with Crippen LogP contribution in [0, 0.1) is 20.8 Å². The van der Waals surface area contributed by atoms with Crippen molar-refractivity contribution in [1.82, 2.24) is 0 Å². The van der Waals surface area contributed by atoms with Gasteiger partial charge in [0, 0.05) is 4.88 Å². The van der Waals surface area contributed by atoms with Gasteiger partial charge in [0.25, 0.3) is 0 Å². The zero-order chi connectivity index (χ0) is 15.9. The van der Waals surface area contributed by atoms with Crippen molar-refractivity contribution in [3.8, 4) is 10.4 Å². The summed E-state index contributed by atoms with van der Waals surface area (Å²) in [6, 6.07) is 4.26. The SMILES string of the molecule is Cc1cc(C)c(-c2sc(C(=O)O)c(N)c2C(C)C)c(C)c1. The average molecular weight is 303 g/mol. The Morgan fingerprint density at radius 3 is 2.14 bits per heavy atom. The lowest BCUT2D eigenvalue weighted by atomic mass is 9.92. The molecule has 0 aliphatic carbocycles. The molecule has 3 N–H and O–H groups in total. The molecule has 0 saturated carbocycles. The van der Waals surface area contributed by atoms with Crippen molar-refractivity contribution in [2.24, 2.45) is 0 Å². The maximum absolute atomic E-state index is 11.4. The number of aromatic carboxylic acids is 1. The van der Waals surface area contributed by atoms with Crippen LogP contribution in [0.4, 0.5) is 5.69 Å². The summed E-state index contributed by atoms with van der Waals surface area (Å²) in [6.45, 7) is 10.3. The Morgan fingerprint density at radius 1 is 1.19 bits per heavy atom. The van der Waals surface area contributed by atoms with Gasteiger partial charge in [-0.05, 0) is 48.9 Å². The van der Waals surface area contributed by atoms with Gasteiger partial charge in [0.1, 0.15) is 4.88 Å². The third-order valence-corrected chi connectivity index (χ3v) is 4.89. The van der Waals surface area contributed by atoms with E-state index in [2.05, 4.69) is 32.9 Å². The van der Waals surface area contributed by atoms with Crippen LogP contribution >= 0.6 is 11.3 Å². The minimum absolute atomic E-state index is 0.185. The highest BCUT2D eigenvalue weighted by Gasteiger charge is 2.24. The summed E-state index contributed by atoms with van der Waals surface area (Å²) in [5.41, 5.74) is 12.1. The summed E-state index contributed by atoms with van der Waals surface area (Å²) >= 11 is 1.29. The molecule has 0 aliphatic rings. The van der Waals surface area contributed by atoms with Gasteiger partial charge in [0.2, 0.25) is 0 Å². The molecule has 3 nitrogen and oxygen atoms in total. The molecule has 0 aliphatic heterocycles. The molecule has 0 spiro atoms. The van der Waals surface area contributed by atoms with E-state index in [-0.39, 0.29) is 10.8 Å². The summed E-state index contributed by atoms with van der Waals surface area (Å²) in [4.78, 5) is 12.6. The first-order valence-electron chi connectivity index (χ1n) is 6.97. The molecule has 1 aromatic heterocycles. The number of thiophene rings is 1. The molecule has 0 fully saturated rings. The van der Waals surface area contributed by atoms with Crippen molar-refractivity contribution >= 4 is 23.0 Å². The van der Waals surface area contributed by atoms with Gasteiger partial charge in [0.15, 0.2) is 0 Å². The molecule has 0 bridgehead atoms. The highest BCUT2D eigenvalue weighted by molar-refractivity contribution is 7.18. The van der Waals surface area contributed by atoms with Crippen molar-refractivity contribution in [1.29, 1.82) is 0 Å². The van der Waals surface area contributed by atoms with Crippen molar-refractivity contribution < 1.29 is 9.90 Å². The van der Waals surface area contributed by atoms with Crippen LogP contribution in [0.1, 0.15) is 51.7 Å². The van der Waals surface area contributed by atoms with Crippen molar-refractivity contribution in [2.75, 3.05) is 5.73 Å². The van der Waals surface area contributed by atoms with Crippen LogP contribution in [0.15, 0.2) is 12.1 Å². The zero-order valence-electron chi connectivity index (χ0n) is 13.1. The Bertz CT molecular complexity index is 691. The average Bonchev–Trinajstić information content (AvgIpc) is 2.65. The number of nitrogen functional groups attached to an aromatic ring is 1. The maximum Gasteiger partial charge on any atom is 0.348 e. The third-order valence-electron chi connectivity index (χ3n) is 3.66. The number of aryl methyl sites for hydroxylation is 3. The number of rotatable bonds is 3. The van der Waals surface area contributed by atoms with Gasteiger partial charge in [-0.15, -0.1) is 11.3 Å². The van der Waals surface area contributed by atoms with Crippen LogP contribution in [0.5, 0.6) is 0 Å². The molecule has 0 unspecified atom stereocenters. The van der Waals surface area contributed by atoms with Gasteiger partial charge in [0.05, 0.1) is 5.69 Å². The highest BCUT2D eigenvalue weighted by atomic mass is 32.1. The van der Waals surface area contributed by atoms with Crippen molar-refractivity contribution in [2.45, 2.75) is 40.5 Å². The lowest BCUT2D eigenvalue weighted by Gasteiger charge is -2.14. The summed E-state index contributed by atoms with van der Waals surface area (Å²) in [5.74, 6) is -0.766. The van der Waals surface area contributed by atoms with E-state index in [9.17, 15) is 9.90 Å². The molecule has 0 atom stereocenters. The molecule has 112 valence electrons. The third kappa shape index (κ3) is 2.68. The Balaban J connectivity index is 2.81. The second-order valence-corrected chi connectivity index (χ2v) is 6.84. The first-order valence-corrected chi connectivity index (χ1v) is 7.79. The first kappa shape index (κ1) is 15.6. The Labute approximate surface area is 129 Å². The van der Waals surface area contributed by atoms with E-state index in [1.807, 2.05) is 13.8 Å². The number of nitrogens with two attached hydrogens (primary N) is 1. The molecule has 4 heteroatoms. The Hall–Kier alpha value is -1.81. The van der Waals surface area contributed by atoms with Crippen molar-refractivity contribution in [3.05, 3.63) is 39.3 Å². The van der Waals surface area contributed by atoms with E-state index >= 15 is 0 Å². The summed E-state index contributed by atoms with van der Waals surface area (Å²) in [5, 5.41) is 9.35. The molecule has 21 heavy (non-hydrogen) atoms. The number of anilines is 1. The topological polar surface area (TPSA) is 63.3 Å². The lowest BCUT2D eigenvalue weighted by Crippen LogP contribution is -2.01. The molecular formula is C17H21NO2S. The normalized spacial score (nSPS) is 11.1. The molecule has 0 amide bonds. The van der Waals surface area contributed by atoms with E-state index < -0.39 is 5.97 Å². The summed E-state index contributed by atoms with van der Waals surface area (Å²) in [7, 11) is 0. The summed E-state index contributed by atoms with van der Waals surface area (Å²) in [6.07, 6.45) is 0. The number of benzene rings is 1. The van der Waals surface area contributed by atoms with Gasteiger partial charge in [-0.2, -0.15) is 0 Å². The van der Waals surface area contributed by atoms with E-state index in [4.69, 9.17) is 5.73 Å². The molecule has 1 heterocycles. The van der Waals surface area contributed by atoms with Crippen LogP contribution in [0.25, 0.3) is 10.4 Å². The predicted octanol–water partition coefficient (Wildman–Crippen LogP) is 4.74. The fourth-order valence-electron chi connectivity index (χ4n) is 2.91. The highest BCUT2D eigenvalue weighted by Crippen LogP contribution is 2.44. The van der Waals surface area contributed by atoms with Gasteiger partial charge in [-0.1, -0.05) is 31.5 Å². The van der Waals surface area contributed by atoms with Gasteiger partial charge in [-0.25, -0.2) is 4.79 Å². The smallest absolute Gasteiger partial charge is 0.348 e.